The van der Waals surface area contributed by atoms with E-state index in [0.29, 0.717) is 11.7 Å². The Kier molecular flexibility index (Phi) is 4.67. The molecule has 1 aromatic carbocycles. The largest absolute Gasteiger partial charge is 0.399 e. The lowest BCUT2D eigenvalue weighted by Crippen LogP contribution is -2.48. The lowest BCUT2D eigenvalue weighted by molar-refractivity contribution is 0.0589. The molecule has 3 rings (SSSR count). The first-order valence-electron chi connectivity index (χ1n) is 8.54. The molecule has 2 saturated heterocycles. The molecule has 0 saturated carbocycles. The zero-order valence-electron chi connectivity index (χ0n) is 13.6. The molecule has 1 amide bonds. The normalized spacial score (nSPS) is 21.0. The van der Waals surface area contributed by atoms with Gasteiger partial charge in [-0.25, -0.2) is 0 Å². The van der Waals surface area contributed by atoms with Crippen LogP contribution in [0.4, 0.5) is 5.69 Å². The molecule has 22 heavy (non-hydrogen) atoms. The Labute approximate surface area is 133 Å². The average Bonchev–Trinajstić information content (AvgIpc) is 2.57. The van der Waals surface area contributed by atoms with Crippen molar-refractivity contribution in [2.24, 2.45) is 0 Å². The third-order valence-electron chi connectivity index (χ3n) is 5.15. The van der Waals surface area contributed by atoms with Gasteiger partial charge in [0.25, 0.3) is 5.91 Å². The predicted octanol–water partition coefficient (Wildman–Crippen LogP) is 2.67. The highest BCUT2D eigenvalue weighted by molar-refractivity contribution is 5.96. The van der Waals surface area contributed by atoms with E-state index < -0.39 is 0 Å². The number of carbonyl (C=O) groups excluding carboxylic acids is 1. The minimum absolute atomic E-state index is 0.141. The van der Waals surface area contributed by atoms with Crippen LogP contribution in [0, 0.1) is 6.92 Å². The van der Waals surface area contributed by atoms with Crippen LogP contribution in [0.25, 0.3) is 0 Å². The van der Waals surface area contributed by atoms with Gasteiger partial charge in [-0.05, 0) is 63.4 Å². The number of likely N-dealkylation sites (tertiary alicyclic amines) is 2. The first-order chi connectivity index (χ1) is 10.6. The van der Waals surface area contributed by atoms with Gasteiger partial charge in [-0.3, -0.25) is 4.79 Å². The van der Waals surface area contributed by atoms with Gasteiger partial charge in [0.15, 0.2) is 0 Å². The van der Waals surface area contributed by atoms with Crippen LogP contribution in [-0.2, 0) is 0 Å². The van der Waals surface area contributed by atoms with Crippen molar-refractivity contribution in [1.82, 2.24) is 9.80 Å². The Bertz CT molecular complexity index is 529. The van der Waals surface area contributed by atoms with E-state index in [-0.39, 0.29) is 5.91 Å². The number of aryl methyl sites for hydroxylation is 1. The van der Waals surface area contributed by atoms with Crippen molar-refractivity contribution in [3.8, 4) is 0 Å². The van der Waals surface area contributed by atoms with E-state index in [0.717, 1.165) is 37.1 Å². The van der Waals surface area contributed by atoms with Crippen molar-refractivity contribution in [1.29, 1.82) is 0 Å². The van der Waals surface area contributed by atoms with Crippen LogP contribution in [0.1, 0.15) is 48.0 Å². The van der Waals surface area contributed by atoms with Crippen LogP contribution in [0.15, 0.2) is 18.2 Å². The Balaban J connectivity index is 1.61. The number of nitrogen functional groups attached to an aromatic ring is 1. The summed E-state index contributed by atoms with van der Waals surface area (Å²) in [6.07, 6.45) is 6.26. The maximum atomic E-state index is 12.7. The van der Waals surface area contributed by atoms with Gasteiger partial charge in [-0.2, -0.15) is 0 Å². The molecule has 0 radical (unpaired) electrons. The summed E-state index contributed by atoms with van der Waals surface area (Å²) in [5, 5.41) is 0. The number of rotatable bonds is 2. The van der Waals surface area contributed by atoms with Gasteiger partial charge >= 0.3 is 0 Å². The molecule has 0 bridgehead atoms. The van der Waals surface area contributed by atoms with E-state index >= 15 is 0 Å². The third kappa shape index (κ3) is 3.27. The standard InChI is InChI=1S/C18H27N3O/c1-14-5-6-15(19)13-17(14)18(22)21-11-7-16(8-12-21)20-9-3-2-4-10-20/h5-6,13,16H,2-4,7-12,19H2,1H3. The first-order valence-corrected chi connectivity index (χ1v) is 8.54. The van der Waals surface area contributed by atoms with Gasteiger partial charge in [0.2, 0.25) is 0 Å². The Morgan fingerprint density at radius 2 is 1.77 bits per heavy atom. The van der Waals surface area contributed by atoms with Crippen molar-refractivity contribution in [3.63, 3.8) is 0 Å². The molecular weight excluding hydrogens is 274 g/mol. The molecule has 4 heteroatoms. The molecule has 2 fully saturated rings. The molecule has 4 nitrogen and oxygen atoms in total. The zero-order valence-corrected chi connectivity index (χ0v) is 13.6. The van der Waals surface area contributed by atoms with Crippen LogP contribution in [0.5, 0.6) is 0 Å². The summed E-state index contributed by atoms with van der Waals surface area (Å²) in [6, 6.07) is 6.28. The molecule has 2 aliphatic rings. The van der Waals surface area contributed by atoms with Gasteiger partial charge in [0.05, 0.1) is 0 Å². The number of anilines is 1. The average molecular weight is 301 g/mol. The first kappa shape index (κ1) is 15.3. The summed E-state index contributed by atoms with van der Waals surface area (Å²) in [5.41, 5.74) is 8.27. The zero-order chi connectivity index (χ0) is 15.5. The smallest absolute Gasteiger partial charge is 0.254 e. The Morgan fingerprint density at radius 3 is 2.45 bits per heavy atom. The quantitative estimate of drug-likeness (QED) is 0.854. The van der Waals surface area contributed by atoms with Gasteiger partial charge in [-0.1, -0.05) is 12.5 Å². The Hall–Kier alpha value is -1.55. The topological polar surface area (TPSA) is 49.6 Å². The highest BCUT2D eigenvalue weighted by atomic mass is 16.2. The number of nitrogens with two attached hydrogens (primary N) is 1. The van der Waals surface area contributed by atoms with Crippen LogP contribution < -0.4 is 5.73 Å². The molecule has 0 unspecified atom stereocenters. The van der Waals surface area contributed by atoms with Gasteiger partial charge in [0.1, 0.15) is 0 Å². The second-order valence-electron chi connectivity index (χ2n) is 6.69. The van der Waals surface area contributed by atoms with Crippen molar-refractivity contribution in [2.75, 3.05) is 31.9 Å². The fourth-order valence-electron chi connectivity index (χ4n) is 3.76. The summed E-state index contributed by atoms with van der Waals surface area (Å²) in [7, 11) is 0. The molecule has 0 aliphatic carbocycles. The number of benzene rings is 1. The fraction of sp³-hybridized carbons (Fsp3) is 0.611. The molecule has 2 N–H and O–H groups in total. The highest BCUT2D eigenvalue weighted by Gasteiger charge is 2.28. The molecule has 0 aromatic heterocycles. The van der Waals surface area contributed by atoms with E-state index in [1.807, 2.05) is 30.0 Å². The molecule has 2 heterocycles. The van der Waals surface area contributed by atoms with Crippen molar-refractivity contribution in [3.05, 3.63) is 29.3 Å². The number of hydrogen-bond acceptors (Lipinski definition) is 3. The van der Waals surface area contributed by atoms with Gasteiger partial charge in [-0.15, -0.1) is 0 Å². The molecule has 1 aromatic rings. The number of hydrogen-bond donors (Lipinski definition) is 1. The second kappa shape index (κ2) is 6.69. The summed E-state index contributed by atoms with van der Waals surface area (Å²) < 4.78 is 0. The summed E-state index contributed by atoms with van der Waals surface area (Å²) in [5.74, 6) is 0.141. The van der Waals surface area contributed by atoms with E-state index in [4.69, 9.17) is 5.73 Å². The summed E-state index contributed by atoms with van der Waals surface area (Å²) >= 11 is 0. The van der Waals surface area contributed by atoms with Crippen LogP contribution in [-0.4, -0.2) is 47.9 Å². The summed E-state index contributed by atoms with van der Waals surface area (Å²) in [4.78, 5) is 17.4. The number of nitrogens with zero attached hydrogens (tertiary/aromatic N) is 2. The maximum absolute atomic E-state index is 12.7. The predicted molar refractivity (Wildman–Crippen MR) is 89.9 cm³/mol. The van der Waals surface area contributed by atoms with Gasteiger partial charge in [0, 0.05) is 30.4 Å². The lowest BCUT2D eigenvalue weighted by Gasteiger charge is -2.40. The van der Waals surface area contributed by atoms with Crippen molar-refractivity contribution < 1.29 is 4.79 Å². The van der Waals surface area contributed by atoms with Crippen molar-refractivity contribution in [2.45, 2.75) is 45.1 Å². The number of piperidine rings is 2. The molecular formula is C18H27N3O. The number of amides is 1. The second-order valence-corrected chi connectivity index (χ2v) is 6.69. The van der Waals surface area contributed by atoms with Crippen molar-refractivity contribution >= 4 is 11.6 Å². The van der Waals surface area contributed by atoms with Crippen LogP contribution in [0.2, 0.25) is 0 Å². The van der Waals surface area contributed by atoms with Crippen LogP contribution in [0.3, 0.4) is 0 Å². The van der Waals surface area contributed by atoms with E-state index in [1.165, 1.54) is 32.4 Å². The van der Waals surface area contributed by atoms with Crippen LogP contribution >= 0.6 is 0 Å². The lowest BCUT2D eigenvalue weighted by atomic mass is 9.98. The van der Waals surface area contributed by atoms with E-state index in [9.17, 15) is 4.79 Å². The SMILES string of the molecule is Cc1ccc(N)cc1C(=O)N1CCC(N2CCCCC2)CC1. The third-order valence-corrected chi connectivity index (χ3v) is 5.15. The fourth-order valence-corrected chi connectivity index (χ4v) is 3.76. The highest BCUT2D eigenvalue weighted by Crippen LogP contribution is 2.23. The van der Waals surface area contributed by atoms with E-state index in [2.05, 4.69) is 4.90 Å². The molecule has 2 aliphatic heterocycles. The monoisotopic (exact) mass is 301 g/mol. The Morgan fingerprint density at radius 1 is 1.09 bits per heavy atom. The van der Waals surface area contributed by atoms with E-state index in [1.54, 1.807) is 0 Å². The summed E-state index contributed by atoms with van der Waals surface area (Å²) in [6.45, 7) is 6.20. The van der Waals surface area contributed by atoms with Gasteiger partial charge < -0.3 is 15.5 Å². The number of carbonyl (C=O) groups is 1. The molecule has 0 atom stereocenters. The molecule has 0 spiro atoms. The maximum Gasteiger partial charge on any atom is 0.254 e. The minimum Gasteiger partial charge on any atom is -0.399 e. The minimum atomic E-state index is 0.141. The molecule has 120 valence electrons.